The van der Waals surface area contributed by atoms with Crippen molar-refractivity contribution in [1.82, 2.24) is 0 Å². The fourth-order valence-corrected chi connectivity index (χ4v) is 2.95. The molecule has 158 valence electrons. The summed E-state index contributed by atoms with van der Waals surface area (Å²) in [5.41, 5.74) is 3.24. The van der Waals surface area contributed by atoms with Crippen LogP contribution in [0.1, 0.15) is 17.3 Å². The molecule has 3 N–H and O–H groups in total. The number of benzene rings is 3. The minimum Gasteiger partial charge on any atom is -0.376 e. The maximum Gasteiger partial charge on any atom is 0.258 e. The van der Waals surface area contributed by atoms with Gasteiger partial charge in [-0.3, -0.25) is 14.4 Å². The average Bonchev–Trinajstić information content (AvgIpc) is 2.78. The van der Waals surface area contributed by atoms with Crippen molar-refractivity contribution in [3.8, 4) is 0 Å². The fourth-order valence-electron chi connectivity index (χ4n) is 2.95. The standard InChI is InChI=1S/C24H24N4O3/c1-17(29)26-20-13-11-19(12-14-20)25-16-23(30)27-21-8-6-7-18(15-21)24(31)28(2)22-9-4-3-5-10-22/h3-15,25H,16H2,1-2H3,(H,26,29)(H,27,30). The van der Waals surface area contributed by atoms with Gasteiger partial charge in [0.05, 0.1) is 6.54 Å². The Morgan fingerprint density at radius 1 is 0.774 bits per heavy atom. The second-order valence-corrected chi connectivity index (χ2v) is 6.94. The van der Waals surface area contributed by atoms with E-state index in [1.165, 1.54) is 6.92 Å². The lowest BCUT2D eigenvalue weighted by Gasteiger charge is -2.17. The monoisotopic (exact) mass is 416 g/mol. The molecule has 0 aliphatic heterocycles. The molecule has 3 amide bonds. The second-order valence-electron chi connectivity index (χ2n) is 6.94. The quantitative estimate of drug-likeness (QED) is 0.544. The van der Waals surface area contributed by atoms with E-state index < -0.39 is 0 Å². The van der Waals surface area contributed by atoms with Crippen LogP contribution in [0.3, 0.4) is 0 Å². The number of hydrogen-bond acceptors (Lipinski definition) is 4. The molecule has 0 heterocycles. The summed E-state index contributed by atoms with van der Waals surface area (Å²) in [5.74, 6) is -0.553. The molecule has 7 heteroatoms. The van der Waals surface area contributed by atoms with E-state index in [0.29, 0.717) is 16.9 Å². The molecule has 3 rings (SSSR count). The van der Waals surface area contributed by atoms with Crippen LogP contribution in [0, 0.1) is 0 Å². The number of nitrogens with zero attached hydrogens (tertiary/aromatic N) is 1. The van der Waals surface area contributed by atoms with E-state index in [1.807, 2.05) is 30.3 Å². The van der Waals surface area contributed by atoms with Crippen LogP contribution < -0.4 is 20.9 Å². The number of amides is 3. The van der Waals surface area contributed by atoms with E-state index in [1.54, 1.807) is 60.5 Å². The molecule has 0 saturated carbocycles. The molecule has 0 unspecified atom stereocenters. The molecule has 31 heavy (non-hydrogen) atoms. The zero-order valence-corrected chi connectivity index (χ0v) is 17.4. The molecule has 0 spiro atoms. The summed E-state index contributed by atoms with van der Waals surface area (Å²) in [7, 11) is 1.71. The number of nitrogens with one attached hydrogen (secondary N) is 3. The van der Waals surface area contributed by atoms with Gasteiger partial charge >= 0.3 is 0 Å². The number of carbonyl (C=O) groups excluding carboxylic acids is 3. The van der Waals surface area contributed by atoms with E-state index in [0.717, 1.165) is 11.4 Å². The third kappa shape index (κ3) is 6.17. The van der Waals surface area contributed by atoms with Crippen molar-refractivity contribution in [2.24, 2.45) is 0 Å². The normalized spacial score (nSPS) is 10.1. The maximum absolute atomic E-state index is 12.8. The largest absolute Gasteiger partial charge is 0.376 e. The van der Waals surface area contributed by atoms with E-state index in [4.69, 9.17) is 0 Å². The van der Waals surface area contributed by atoms with Gasteiger partial charge in [-0.25, -0.2) is 0 Å². The Kier molecular flexibility index (Phi) is 7.01. The topological polar surface area (TPSA) is 90.5 Å². The molecule has 0 atom stereocenters. The summed E-state index contributed by atoms with van der Waals surface area (Å²) in [6.07, 6.45) is 0. The minimum atomic E-state index is -0.244. The summed E-state index contributed by atoms with van der Waals surface area (Å²) >= 11 is 0. The van der Waals surface area contributed by atoms with Gasteiger partial charge in [0.1, 0.15) is 0 Å². The summed E-state index contributed by atoms with van der Waals surface area (Å²) in [6.45, 7) is 1.50. The highest BCUT2D eigenvalue weighted by molar-refractivity contribution is 6.06. The first-order chi connectivity index (χ1) is 14.9. The lowest BCUT2D eigenvalue weighted by molar-refractivity contribution is -0.115. The third-order valence-corrected chi connectivity index (χ3v) is 4.50. The lowest BCUT2D eigenvalue weighted by Crippen LogP contribution is -2.26. The molecule has 3 aromatic carbocycles. The van der Waals surface area contributed by atoms with Crippen LogP contribution >= 0.6 is 0 Å². The van der Waals surface area contributed by atoms with Crippen molar-refractivity contribution in [3.05, 3.63) is 84.4 Å². The van der Waals surface area contributed by atoms with Gasteiger partial charge < -0.3 is 20.9 Å². The summed E-state index contributed by atoms with van der Waals surface area (Å²) in [5, 5.41) is 8.50. The van der Waals surface area contributed by atoms with Crippen molar-refractivity contribution in [2.75, 3.05) is 34.4 Å². The molecule has 0 aromatic heterocycles. The van der Waals surface area contributed by atoms with Gasteiger partial charge in [-0.2, -0.15) is 0 Å². The van der Waals surface area contributed by atoms with Gasteiger partial charge in [-0.1, -0.05) is 24.3 Å². The van der Waals surface area contributed by atoms with Crippen LogP contribution in [0.4, 0.5) is 22.7 Å². The van der Waals surface area contributed by atoms with Crippen molar-refractivity contribution in [1.29, 1.82) is 0 Å². The van der Waals surface area contributed by atoms with E-state index in [-0.39, 0.29) is 24.3 Å². The van der Waals surface area contributed by atoms with Crippen LogP contribution in [0.15, 0.2) is 78.9 Å². The molecular weight excluding hydrogens is 392 g/mol. The number of hydrogen-bond donors (Lipinski definition) is 3. The number of para-hydroxylation sites is 1. The molecule has 7 nitrogen and oxygen atoms in total. The summed E-state index contributed by atoms with van der Waals surface area (Å²) < 4.78 is 0. The Hall–Kier alpha value is -4.13. The molecule has 0 radical (unpaired) electrons. The first-order valence-corrected chi connectivity index (χ1v) is 9.77. The number of rotatable bonds is 7. The Labute approximate surface area is 181 Å². The highest BCUT2D eigenvalue weighted by atomic mass is 16.2. The van der Waals surface area contributed by atoms with Gasteiger partial charge in [0.2, 0.25) is 11.8 Å². The smallest absolute Gasteiger partial charge is 0.258 e. The van der Waals surface area contributed by atoms with Crippen LogP contribution in [0.25, 0.3) is 0 Å². The number of anilines is 4. The van der Waals surface area contributed by atoms with Crippen molar-refractivity contribution < 1.29 is 14.4 Å². The molecule has 0 bridgehead atoms. The zero-order chi connectivity index (χ0) is 22.2. The second kappa shape index (κ2) is 10.1. The van der Waals surface area contributed by atoms with Gasteiger partial charge in [0.15, 0.2) is 0 Å². The molecule has 0 fully saturated rings. The minimum absolute atomic E-state index is 0.0571. The maximum atomic E-state index is 12.8. The van der Waals surface area contributed by atoms with Crippen LogP contribution in [-0.4, -0.2) is 31.3 Å². The molecule has 0 aliphatic carbocycles. The van der Waals surface area contributed by atoms with Gasteiger partial charge in [-0.05, 0) is 54.6 Å². The Balaban J connectivity index is 1.57. The molecule has 3 aromatic rings. The van der Waals surface area contributed by atoms with Gasteiger partial charge in [-0.15, -0.1) is 0 Å². The highest BCUT2D eigenvalue weighted by Gasteiger charge is 2.14. The highest BCUT2D eigenvalue weighted by Crippen LogP contribution is 2.18. The summed E-state index contributed by atoms with van der Waals surface area (Å²) in [4.78, 5) is 37.7. The fraction of sp³-hybridized carbons (Fsp3) is 0.125. The lowest BCUT2D eigenvalue weighted by atomic mass is 10.1. The Morgan fingerprint density at radius 3 is 2.13 bits per heavy atom. The van der Waals surface area contributed by atoms with Crippen molar-refractivity contribution >= 4 is 40.5 Å². The average molecular weight is 416 g/mol. The summed E-state index contributed by atoms with van der Waals surface area (Å²) in [6, 6.07) is 23.2. The van der Waals surface area contributed by atoms with Crippen molar-refractivity contribution in [3.63, 3.8) is 0 Å². The number of carbonyl (C=O) groups is 3. The zero-order valence-electron chi connectivity index (χ0n) is 17.4. The Bertz CT molecular complexity index is 1070. The molecular formula is C24H24N4O3. The van der Waals surface area contributed by atoms with E-state index in [9.17, 15) is 14.4 Å². The molecule has 0 saturated heterocycles. The predicted molar refractivity (Wildman–Crippen MR) is 123 cm³/mol. The van der Waals surface area contributed by atoms with E-state index in [2.05, 4.69) is 16.0 Å². The molecule has 0 aliphatic rings. The SMILES string of the molecule is CC(=O)Nc1ccc(NCC(=O)Nc2cccc(C(=O)N(C)c3ccccc3)c2)cc1. The van der Waals surface area contributed by atoms with Crippen LogP contribution in [0.2, 0.25) is 0 Å². The third-order valence-electron chi connectivity index (χ3n) is 4.50. The first kappa shape index (κ1) is 21.6. The van der Waals surface area contributed by atoms with Crippen molar-refractivity contribution in [2.45, 2.75) is 6.92 Å². The predicted octanol–water partition coefficient (Wildman–Crippen LogP) is 3.97. The first-order valence-electron chi connectivity index (χ1n) is 9.77. The van der Waals surface area contributed by atoms with Crippen LogP contribution in [-0.2, 0) is 9.59 Å². The van der Waals surface area contributed by atoms with Gasteiger partial charge in [0, 0.05) is 42.3 Å². The van der Waals surface area contributed by atoms with Crippen LogP contribution in [0.5, 0.6) is 0 Å². The van der Waals surface area contributed by atoms with Gasteiger partial charge in [0.25, 0.3) is 5.91 Å². The van der Waals surface area contributed by atoms with E-state index >= 15 is 0 Å². The Morgan fingerprint density at radius 2 is 1.45 bits per heavy atom.